The van der Waals surface area contributed by atoms with Gasteiger partial charge in [-0.2, -0.15) is 0 Å². The molecule has 3 N–H and O–H groups in total. The molecule has 0 radical (unpaired) electrons. The Hall–Kier alpha value is -3.45. The van der Waals surface area contributed by atoms with E-state index in [1.165, 1.54) is 0 Å². The smallest absolute Gasteiger partial charge is 0.270 e. The predicted molar refractivity (Wildman–Crippen MR) is 117 cm³/mol. The first-order chi connectivity index (χ1) is 14.5. The van der Waals surface area contributed by atoms with Gasteiger partial charge in [-0.25, -0.2) is 0 Å². The van der Waals surface area contributed by atoms with Crippen LogP contribution in [-0.4, -0.2) is 17.7 Å². The number of halogens is 1. The highest BCUT2D eigenvalue weighted by atomic mass is 79.9. The van der Waals surface area contributed by atoms with E-state index in [9.17, 15) is 14.4 Å². The molecule has 0 aliphatic carbocycles. The number of nitrogens with one attached hydrogen (secondary N) is 3. The van der Waals surface area contributed by atoms with Crippen molar-refractivity contribution in [3.05, 3.63) is 106 Å². The zero-order valence-corrected chi connectivity index (χ0v) is 17.6. The van der Waals surface area contributed by atoms with Crippen LogP contribution in [0.4, 0.5) is 0 Å². The molecule has 0 aromatic heterocycles. The molecule has 0 aliphatic heterocycles. The number of hydrogen-bond acceptors (Lipinski definition) is 3. The summed E-state index contributed by atoms with van der Waals surface area (Å²) in [6.45, 7) is 0. The molecular formula is C23H20BrN3O3. The first-order valence-electron chi connectivity index (χ1n) is 9.29. The predicted octanol–water partition coefficient (Wildman–Crippen LogP) is 3.77. The summed E-state index contributed by atoms with van der Waals surface area (Å²) >= 11 is 3.30. The standard InChI is InChI=1S/C23H20BrN3O3/c24-19-14-8-7-13-18(19)23(30)27-26-21(28)15-20(16-9-3-1-4-10-16)25-22(29)17-11-5-2-6-12-17/h1-14,20H,15H2,(H,25,29)(H,26,28)(H,27,30)/t20-/m1/s1. The van der Waals surface area contributed by atoms with Crippen LogP contribution in [0.2, 0.25) is 0 Å². The molecule has 0 aliphatic rings. The lowest BCUT2D eigenvalue weighted by atomic mass is 10.0. The van der Waals surface area contributed by atoms with Crippen LogP contribution in [0, 0.1) is 0 Å². The van der Waals surface area contributed by atoms with E-state index in [1.54, 1.807) is 48.5 Å². The van der Waals surface area contributed by atoms with Crippen molar-refractivity contribution in [1.82, 2.24) is 16.2 Å². The summed E-state index contributed by atoms with van der Waals surface area (Å²) in [7, 11) is 0. The van der Waals surface area contributed by atoms with Gasteiger partial charge in [0.05, 0.1) is 18.0 Å². The van der Waals surface area contributed by atoms with E-state index < -0.39 is 17.9 Å². The van der Waals surface area contributed by atoms with Crippen molar-refractivity contribution in [2.75, 3.05) is 0 Å². The van der Waals surface area contributed by atoms with E-state index in [0.29, 0.717) is 15.6 Å². The summed E-state index contributed by atoms with van der Waals surface area (Å²) in [5.74, 6) is -1.16. The number of carbonyl (C=O) groups excluding carboxylic acids is 3. The molecule has 1 atom stereocenters. The Kier molecular flexibility index (Phi) is 7.34. The van der Waals surface area contributed by atoms with Crippen molar-refractivity contribution < 1.29 is 14.4 Å². The van der Waals surface area contributed by atoms with Gasteiger partial charge in [0, 0.05) is 10.0 Å². The second-order valence-corrected chi connectivity index (χ2v) is 7.34. The molecule has 0 heterocycles. The Labute approximate surface area is 182 Å². The van der Waals surface area contributed by atoms with Crippen molar-refractivity contribution in [1.29, 1.82) is 0 Å². The van der Waals surface area contributed by atoms with Crippen LogP contribution in [0.15, 0.2) is 89.4 Å². The van der Waals surface area contributed by atoms with Crippen molar-refractivity contribution in [3.63, 3.8) is 0 Å². The monoisotopic (exact) mass is 465 g/mol. The maximum absolute atomic E-state index is 12.6. The van der Waals surface area contributed by atoms with Crippen LogP contribution < -0.4 is 16.2 Å². The fraction of sp³-hybridized carbons (Fsp3) is 0.0870. The van der Waals surface area contributed by atoms with Crippen molar-refractivity contribution in [3.8, 4) is 0 Å². The van der Waals surface area contributed by atoms with Crippen molar-refractivity contribution in [2.24, 2.45) is 0 Å². The Morgan fingerprint density at radius 2 is 1.33 bits per heavy atom. The number of carbonyl (C=O) groups is 3. The quantitative estimate of drug-likeness (QED) is 0.484. The first-order valence-corrected chi connectivity index (χ1v) is 10.1. The number of hydrazine groups is 1. The van der Waals surface area contributed by atoms with Crippen molar-refractivity contribution >= 4 is 33.7 Å². The van der Waals surface area contributed by atoms with Crippen LogP contribution in [0.5, 0.6) is 0 Å². The zero-order valence-electron chi connectivity index (χ0n) is 16.0. The summed E-state index contributed by atoms with van der Waals surface area (Å²) in [5.41, 5.74) is 6.50. The van der Waals surface area contributed by atoms with Gasteiger partial charge in [0.25, 0.3) is 11.8 Å². The van der Waals surface area contributed by atoms with E-state index in [1.807, 2.05) is 36.4 Å². The molecule has 3 aromatic rings. The molecule has 3 aromatic carbocycles. The summed E-state index contributed by atoms with van der Waals surface area (Å²) in [4.78, 5) is 37.3. The number of rotatable bonds is 6. The minimum Gasteiger partial charge on any atom is -0.345 e. The van der Waals surface area contributed by atoms with Gasteiger partial charge in [-0.15, -0.1) is 0 Å². The molecular weight excluding hydrogens is 446 g/mol. The Balaban J connectivity index is 1.65. The average molecular weight is 466 g/mol. The zero-order chi connectivity index (χ0) is 21.3. The fourth-order valence-corrected chi connectivity index (χ4v) is 3.31. The summed E-state index contributed by atoms with van der Waals surface area (Å²) < 4.78 is 0.619. The molecule has 0 fully saturated rings. The fourth-order valence-electron chi connectivity index (χ4n) is 2.84. The topological polar surface area (TPSA) is 87.3 Å². The normalized spacial score (nSPS) is 11.2. The van der Waals surface area contributed by atoms with Crippen LogP contribution >= 0.6 is 15.9 Å². The summed E-state index contributed by atoms with van der Waals surface area (Å²) in [5, 5.41) is 2.89. The van der Waals surface area contributed by atoms with E-state index in [2.05, 4.69) is 32.1 Å². The molecule has 0 unspecified atom stereocenters. The van der Waals surface area contributed by atoms with E-state index in [0.717, 1.165) is 5.56 Å². The highest BCUT2D eigenvalue weighted by Crippen LogP contribution is 2.18. The molecule has 7 heteroatoms. The minimum absolute atomic E-state index is 0.0428. The van der Waals surface area contributed by atoms with Crippen molar-refractivity contribution in [2.45, 2.75) is 12.5 Å². The molecule has 0 saturated carbocycles. The lowest BCUT2D eigenvalue weighted by Crippen LogP contribution is -2.43. The van der Waals surface area contributed by atoms with Crippen LogP contribution in [0.3, 0.4) is 0 Å². The number of hydrogen-bond donors (Lipinski definition) is 3. The largest absolute Gasteiger partial charge is 0.345 e. The third-order valence-electron chi connectivity index (χ3n) is 4.37. The Bertz CT molecular complexity index is 1030. The Morgan fingerprint density at radius 1 is 0.733 bits per heavy atom. The van der Waals surface area contributed by atoms with E-state index >= 15 is 0 Å². The van der Waals surface area contributed by atoms with Gasteiger partial charge < -0.3 is 5.32 Å². The molecule has 30 heavy (non-hydrogen) atoms. The maximum Gasteiger partial charge on any atom is 0.270 e. The SMILES string of the molecule is O=C(C[C@@H](NC(=O)c1ccccc1)c1ccccc1)NNC(=O)c1ccccc1Br. The van der Waals surface area contributed by atoms with Gasteiger partial charge in [-0.1, -0.05) is 60.7 Å². The van der Waals surface area contributed by atoms with Crippen LogP contribution in [-0.2, 0) is 4.79 Å². The molecule has 0 saturated heterocycles. The molecule has 0 spiro atoms. The second-order valence-electron chi connectivity index (χ2n) is 6.49. The lowest BCUT2D eigenvalue weighted by molar-refractivity contribution is -0.122. The Morgan fingerprint density at radius 3 is 2.00 bits per heavy atom. The summed E-state index contributed by atoms with van der Waals surface area (Å²) in [6.07, 6.45) is -0.0428. The van der Waals surface area contributed by atoms with Gasteiger partial charge in [-0.3, -0.25) is 25.2 Å². The minimum atomic E-state index is -0.556. The molecule has 152 valence electrons. The third-order valence-corrected chi connectivity index (χ3v) is 5.06. The summed E-state index contributed by atoms with van der Waals surface area (Å²) in [6, 6.07) is 24.3. The van der Waals surface area contributed by atoms with Gasteiger partial charge in [0.15, 0.2) is 0 Å². The van der Waals surface area contributed by atoms with Gasteiger partial charge in [0.1, 0.15) is 0 Å². The molecule has 3 amide bonds. The lowest BCUT2D eigenvalue weighted by Gasteiger charge is -2.19. The van der Waals surface area contributed by atoms with E-state index in [-0.39, 0.29) is 12.3 Å². The third kappa shape index (κ3) is 5.78. The highest BCUT2D eigenvalue weighted by molar-refractivity contribution is 9.10. The van der Waals surface area contributed by atoms with Gasteiger partial charge in [-0.05, 0) is 45.8 Å². The first kappa shape index (κ1) is 21.3. The maximum atomic E-state index is 12.6. The molecule has 6 nitrogen and oxygen atoms in total. The van der Waals surface area contributed by atoms with Gasteiger partial charge in [0.2, 0.25) is 5.91 Å². The highest BCUT2D eigenvalue weighted by Gasteiger charge is 2.20. The molecule has 0 bridgehead atoms. The van der Waals surface area contributed by atoms with Gasteiger partial charge >= 0.3 is 0 Å². The van der Waals surface area contributed by atoms with Crippen LogP contribution in [0.25, 0.3) is 0 Å². The molecule has 3 rings (SSSR count). The number of amides is 3. The van der Waals surface area contributed by atoms with E-state index in [4.69, 9.17) is 0 Å². The number of benzene rings is 3. The average Bonchev–Trinajstić information content (AvgIpc) is 2.78. The second kappa shape index (κ2) is 10.4. The van der Waals surface area contributed by atoms with Crippen LogP contribution in [0.1, 0.15) is 38.7 Å².